The van der Waals surface area contributed by atoms with Gasteiger partial charge in [-0.25, -0.2) is 9.97 Å². The Kier molecular flexibility index (Phi) is 10.5. The molecular weight excluding hydrogens is 849 g/mol. The zero-order valence-corrected chi connectivity index (χ0v) is 38.4. The van der Waals surface area contributed by atoms with Gasteiger partial charge in [0.25, 0.3) is 0 Å². The average molecular weight is 897 g/mol. The molecule has 0 bridgehead atoms. The molecule has 8 aromatic heterocycles. The Morgan fingerprint density at radius 1 is 0.456 bits per heavy atom. The van der Waals surface area contributed by atoms with Gasteiger partial charge < -0.3 is 28.9 Å². The first-order valence-corrected chi connectivity index (χ1v) is 22.2. The van der Waals surface area contributed by atoms with E-state index in [0.717, 1.165) is 78.2 Å². The summed E-state index contributed by atoms with van der Waals surface area (Å²) in [5.41, 5.74) is 16.1. The summed E-state index contributed by atoms with van der Waals surface area (Å²) in [6.07, 6.45) is 26.3. The monoisotopic (exact) mass is 896 g/mol. The van der Waals surface area contributed by atoms with Crippen LogP contribution in [0.15, 0.2) is 160 Å². The third kappa shape index (κ3) is 7.86. The first-order chi connectivity index (χ1) is 33.1. The first kappa shape index (κ1) is 41.8. The fourth-order valence-electron chi connectivity index (χ4n) is 9.08. The maximum Gasteiger partial charge on any atom is 0.0966 e. The van der Waals surface area contributed by atoms with Crippen molar-refractivity contribution in [2.45, 2.75) is 12.1 Å². The number of anilines is 2. The maximum absolute atomic E-state index is 4.67. The normalized spacial score (nSPS) is 12.4. The molecular formula is C52H48N16. The number of aryl methyl sites for hydroxylation is 6. The quantitative estimate of drug-likeness (QED) is 0.136. The van der Waals surface area contributed by atoms with Gasteiger partial charge in [-0.3, -0.25) is 29.3 Å². The van der Waals surface area contributed by atoms with Crippen molar-refractivity contribution in [2.24, 2.45) is 42.3 Å². The predicted octanol–water partition coefficient (Wildman–Crippen LogP) is 8.91. The van der Waals surface area contributed by atoms with Crippen LogP contribution in [0.25, 0.3) is 66.1 Å². The van der Waals surface area contributed by atoms with Gasteiger partial charge in [-0.1, -0.05) is 24.3 Å². The van der Waals surface area contributed by atoms with E-state index >= 15 is 0 Å². The molecule has 68 heavy (non-hydrogen) atoms. The van der Waals surface area contributed by atoms with E-state index in [9.17, 15) is 0 Å². The summed E-state index contributed by atoms with van der Waals surface area (Å²) >= 11 is 0. The van der Waals surface area contributed by atoms with E-state index in [1.165, 1.54) is 21.8 Å². The van der Waals surface area contributed by atoms with Gasteiger partial charge in [-0.15, -0.1) is 0 Å². The second-order valence-corrected chi connectivity index (χ2v) is 17.2. The van der Waals surface area contributed by atoms with Gasteiger partial charge in [0, 0.05) is 137 Å². The van der Waals surface area contributed by atoms with Crippen molar-refractivity contribution < 1.29 is 0 Å². The number of imidazole rings is 2. The summed E-state index contributed by atoms with van der Waals surface area (Å²) in [6, 6.07) is 25.4. The van der Waals surface area contributed by atoms with Gasteiger partial charge in [-0.2, -0.15) is 10.2 Å². The second-order valence-electron chi connectivity index (χ2n) is 17.2. The molecule has 2 atom stereocenters. The van der Waals surface area contributed by atoms with Crippen LogP contribution in [0.1, 0.15) is 34.6 Å². The zero-order chi connectivity index (χ0) is 46.5. The van der Waals surface area contributed by atoms with Crippen LogP contribution in [0.4, 0.5) is 11.4 Å². The van der Waals surface area contributed by atoms with Gasteiger partial charge in [0.1, 0.15) is 0 Å². The van der Waals surface area contributed by atoms with Gasteiger partial charge >= 0.3 is 0 Å². The minimum absolute atomic E-state index is 0.126. The molecule has 0 aliphatic carbocycles. The van der Waals surface area contributed by atoms with E-state index < -0.39 is 0 Å². The van der Waals surface area contributed by atoms with Crippen molar-refractivity contribution >= 4 is 55.2 Å². The second kappa shape index (κ2) is 17.1. The van der Waals surface area contributed by atoms with Gasteiger partial charge in [0.05, 0.1) is 83.0 Å². The van der Waals surface area contributed by atoms with E-state index in [4.69, 9.17) is 0 Å². The first-order valence-electron chi connectivity index (χ1n) is 22.2. The van der Waals surface area contributed by atoms with Crippen molar-refractivity contribution in [1.29, 1.82) is 0 Å². The summed E-state index contributed by atoms with van der Waals surface area (Å²) in [5, 5.41) is 18.6. The number of rotatable bonds is 10. The average Bonchev–Trinajstić information content (AvgIpc) is 4.25. The molecule has 2 N–H and O–H groups in total. The van der Waals surface area contributed by atoms with Crippen LogP contribution in [0, 0.1) is 0 Å². The lowest BCUT2D eigenvalue weighted by molar-refractivity contribution is 0.759. The molecule has 12 aromatic rings. The fourth-order valence-corrected chi connectivity index (χ4v) is 9.08. The van der Waals surface area contributed by atoms with Crippen molar-refractivity contribution in [3.05, 3.63) is 182 Å². The molecule has 4 aromatic carbocycles. The molecule has 0 aliphatic rings. The van der Waals surface area contributed by atoms with Crippen molar-refractivity contribution in [1.82, 2.24) is 67.7 Å². The Hall–Kier alpha value is -8.92. The lowest BCUT2D eigenvalue weighted by Crippen LogP contribution is -2.15. The largest absolute Gasteiger partial charge is 0.373 e. The van der Waals surface area contributed by atoms with Crippen LogP contribution in [0.2, 0.25) is 0 Å². The SMILES string of the molecule is Cn1cc(C(Nc2cc(-c3ccc4ccn(C)c4c3)c3nccnc3c2)c2cncn2C)cn1.Cn1cc(C(Nc2cc(-c3ccc4ccn(C)c4c3)c3nccnc3c2)c2cncn2C)cn1. The number of nitrogens with zero attached hydrogens (tertiary/aromatic N) is 14. The van der Waals surface area contributed by atoms with Crippen molar-refractivity contribution in [2.75, 3.05) is 10.6 Å². The molecule has 16 nitrogen and oxygen atoms in total. The molecule has 0 aliphatic heterocycles. The molecule has 0 saturated carbocycles. The molecule has 0 saturated heterocycles. The van der Waals surface area contributed by atoms with Gasteiger partial charge in [0.15, 0.2) is 0 Å². The highest BCUT2D eigenvalue weighted by Crippen LogP contribution is 2.37. The number of hydrogen-bond donors (Lipinski definition) is 2. The highest BCUT2D eigenvalue weighted by molar-refractivity contribution is 5.98. The summed E-state index contributed by atoms with van der Waals surface area (Å²) in [6.45, 7) is 0. The topological polar surface area (TPSA) is 157 Å². The number of aromatic nitrogens is 14. The van der Waals surface area contributed by atoms with E-state index in [1.54, 1.807) is 24.8 Å². The van der Waals surface area contributed by atoms with Crippen LogP contribution in [-0.4, -0.2) is 67.7 Å². The van der Waals surface area contributed by atoms with E-state index in [2.05, 4.69) is 147 Å². The summed E-state index contributed by atoms with van der Waals surface area (Å²) in [5.74, 6) is 0. The molecule has 336 valence electrons. The zero-order valence-electron chi connectivity index (χ0n) is 38.4. The van der Waals surface area contributed by atoms with Crippen LogP contribution >= 0.6 is 0 Å². The Balaban J connectivity index is 0.000000149. The summed E-state index contributed by atoms with van der Waals surface area (Å²) in [7, 11) is 12.0. The lowest BCUT2D eigenvalue weighted by atomic mass is 10.0. The van der Waals surface area contributed by atoms with E-state index in [0.29, 0.717) is 0 Å². The van der Waals surface area contributed by atoms with Gasteiger partial charge in [-0.05, 0) is 70.4 Å². The Labute approximate surface area is 391 Å². The highest BCUT2D eigenvalue weighted by Gasteiger charge is 2.22. The minimum atomic E-state index is -0.126. The summed E-state index contributed by atoms with van der Waals surface area (Å²) in [4.78, 5) is 27.2. The van der Waals surface area contributed by atoms with E-state index in [-0.39, 0.29) is 12.1 Å². The maximum atomic E-state index is 4.67. The van der Waals surface area contributed by atoms with Crippen LogP contribution < -0.4 is 10.6 Å². The number of hydrogen-bond acceptors (Lipinski definition) is 10. The third-order valence-electron chi connectivity index (χ3n) is 12.6. The molecule has 12 rings (SSSR count). The molecule has 0 fully saturated rings. The Morgan fingerprint density at radius 3 is 1.29 bits per heavy atom. The smallest absolute Gasteiger partial charge is 0.0966 e. The molecule has 0 amide bonds. The number of fused-ring (bicyclic) bond motifs is 4. The number of benzene rings is 4. The predicted molar refractivity (Wildman–Crippen MR) is 267 cm³/mol. The fraction of sp³-hybridized carbons (Fsp3) is 0.154. The van der Waals surface area contributed by atoms with Crippen LogP contribution in [0.3, 0.4) is 0 Å². The molecule has 8 heterocycles. The molecule has 0 spiro atoms. The summed E-state index contributed by atoms with van der Waals surface area (Å²) < 4.78 is 11.9. The molecule has 0 radical (unpaired) electrons. The molecule has 16 heteroatoms. The van der Waals surface area contributed by atoms with Crippen molar-refractivity contribution in [3.8, 4) is 22.3 Å². The molecule has 2 unspecified atom stereocenters. The Bertz CT molecular complexity index is 3520. The number of nitrogens with one attached hydrogen (secondary N) is 2. The van der Waals surface area contributed by atoms with Crippen molar-refractivity contribution in [3.63, 3.8) is 0 Å². The van der Waals surface area contributed by atoms with Crippen LogP contribution in [-0.2, 0) is 42.3 Å². The highest BCUT2D eigenvalue weighted by atomic mass is 15.2. The van der Waals surface area contributed by atoms with Crippen LogP contribution in [0.5, 0.6) is 0 Å². The Morgan fingerprint density at radius 2 is 0.897 bits per heavy atom. The lowest BCUT2D eigenvalue weighted by Gasteiger charge is -2.20. The minimum Gasteiger partial charge on any atom is -0.373 e. The third-order valence-corrected chi connectivity index (χ3v) is 12.6. The standard InChI is InChI=1S/2C26H24N8/c2*1-32-9-6-17-4-5-18(10-23(17)32)21-11-20(12-22-26(21)29-8-7-28-22)31-25(19-13-30-34(3)15-19)24-14-27-16-33(24)2/h2*4-16,25,31H,1-3H3. The van der Waals surface area contributed by atoms with E-state index in [1.807, 2.05) is 109 Å². The van der Waals surface area contributed by atoms with Gasteiger partial charge in [0.2, 0.25) is 0 Å².